The van der Waals surface area contributed by atoms with Gasteiger partial charge in [-0.15, -0.1) is 0 Å². The van der Waals surface area contributed by atoms with Crippen molar-refractivity contribution in [3.63, 3.8) is 0 Å². The van der Waals surface area contributed by atoms with E-state index < -0.39 is 0 Å². The van der Waals surface area contributed by atoms with Gasteiger partial charge in [0.15, 0.2) is 0 Å². The van der Waals surface area contributed by atoms with Crippen LogP contribution in [0.4, 0.5) is 0 Å². The predicted molar refractivity (Wildman–Crippen MR) is 115 cm³/mol. The second-order valence-electron chi connectivity index (χ2n) is 10.7. The number of allylic oxidation sites excluding steroid dienone is 2. The average molecular weight is 394 g/mol. The average Bonchev–Trinajstić information content (AvgIpc) is 3.06. The molecule has 3 nitrogen and oxygen atoms in total. The Balaban J connectivity index is 1.37. The van der Waals surface area contributed by atoms with Gasteiger partial charge in [-0.05, 0) is 103 Å². The molecule has 29 heavy (non-hydrogen) atoms. The summed E-state index contributed by atoms with van der Waals surface area (Å²) in [6.07, 6.45) is 16.5. The Bertz CT molecular complexity index is 817. The van der Waals surface area contributed by atoms with Crippen LogP contribution in [0.2, 0.25) is 0 Å². The van der Waals surface area contributed by atoms with E-state index >= 15 is 0 Å². The minimum atomic E-state index is -0.110. The highest BCUT2D eigenvalue weighted by atomic mass is 16.5. The number of fused-ring (bicyclic) bond motifs is 5. The summed E-state index contributed by atoms with van der Waals surface area (Å²) in [4.78, 5) is 15.9. The number of carbonyl (C=O) groups is 1. The van der Waals surface area contributed by atoms with Crippen LogP contribution in [0.5, 0.6) is 0 Å². The van der Waals surface area contributed by atoms with Gasteiger partial charge in [0.1, 0.15) is 6.10 Å². The Labute approximate surface area is 175 Å². The van der Waals surface area contributed by atoms with Gasteiger partial charge in [-0.1, -0.05) is 26.0 Å². The molecule has 1 heterocycles. The molecule has 4 unspecified atom stereocenters. The van der Waals surface area contributed by atoms with E-state index in [0.29, 0.717) is 10.8 Å². The molecule has 0 N–H and O–H groups in total. The largest absolute Gasteiger partial charge is 0.463 e. The molecule has 0 bridgehead atoms. The van der Waals surface area contributed by atoms with E-state index in [0.717, 1.165) is 36.5 Å². The van der Waals surface area contributed by atoms with Crippen LogP contribution < -0.4 is 0 Å². The molecule has 0 aliphatic heterocycles. The molecular formula is C26H35NO2. The highest BCUT2D eigenvalue weighted by Gasteiger charge is 2.58. The van der Waals surface area contributed by atoms with Crippen LogP contribution in [0.15, 0.2) is 30.6 Å². The molecule has 4 aliphatic rings. The summed E-state index contributed by atoms with van der Waals surface area (Å²) < 4.78 is 5.62. The van der Waals surface area contributed by atoms with Crippen molar-refractivity contribution in [2.75, 3.05) is 0 Å². The van der Waals surface area contributed by atoms with Crippen molar-refractivity contribution in [1.29, 1.82) is 0 Å². The fourth-order valence-electron chi connectivity index (χ4n) is 8.10. The van der Waals surface area contributed by atoms with Crippen molar-refractivity contribution in [2.45, 2.75) is 78.2 Å². The molecule has 5 rings (SSSR count). The molecule has 3 fully saturated rings. The molecule has 0 aromatic carbocycles. The maximum absolute atomic E-state index is 11.5. The number of hydrogen-bond donors (Lipinski definition) is 0. The van der Waals surface area contributed by atoms with Crippen molar-refractivity contribution >= 4 is 11.5 Å². The number of aromatic nitrogens is 1. The summed E-state index contributed by atoms with van der Waals surface area (Å²) in [6.45, 7) is 6.66. The van der Waals surface area contributed by atoms with Crippen LogP contribution in [0, 0.1) is 34.5 Å². The lowest BCUT2D eigenvalue weighted by molar-refractivity contribution is -0.158. The van der Waals surface area contributed by atoms with Crippen LogP contribution in [-0.4, -0.2) is 17.1 Å². The molecular weight excluding hydrogens is 358 g/mol. The second kappa shape index (κ2) is 6.96. The van der Waals surface area contributed by atoms with E-state index in [9.17, 15) is 4.79 Å². The minimum absolute atomic E-state index is 0.110. The van der Waals surface area contributed by atoms with Crippen molar-refractivity contribution in [3.8, 4) is 0 Å². The first-order valence-electron chi connectivity index (χ1n) is 11.7. The lowest BCUT2D eigenvalue weighted by Crippen LogP contribution is -2.53. The number of carbonyl (C=O) groups excluding carboxylic acids is 1. The van der Waals surface area contributed by atoms with E-state index in [1.807, 2.05) is 6.20 Å². The van der Waals surface area contributed by atoms with Gasteiger partial charge in [0.2, 0.25) is 0 Å². The summed E-state index contributed by atoms with van der Waals surface area (Å²) in [5.41, 5.74) is 3.62. The van der Waals surface area contributed by atoms with Crippen LogP contribution in [0.25, 0.3) is 5.57 Å². The zero-order valence-corrected chi connectivity index (χ0v) is 18.2. The van der Waals surface area contributed by atoms with Gasteiger partial charge in [-0.3, -0.25) is 9.78 Å². The van der Waals surface area contributed by atoms with Crippen molar-refractivity contribution < 1.29 is 9.53 Å². The first kappa shape index (κ1) is 19.3. The number of ether oxygens (including phenoxy) is 1. The van der Waals surface area contributed by atoms with Crippen LogP contribution in [0.1, 0.15) is 77.7 Å². The Hall–Kier alpha value is -1.64. The Morgan fingerprint density at radius 1 is 1.14 bits per heavy atom. The van der Waals surface area contributed by atoms with Gasteiger partial charge in [-0.25, -0.2) is 0 Å². The predicted octanol–water partition coefficient (Wildman–Crippen LogP) is 6.05. The summed E-state index contributed by atoms with van der Waals surface area (Å²) in [6, 6.07) is 4.32. The number of pyridine rings is 1. The van der Waals surface area contributed by atoms with Crippen LogP contribution in [-0.2, 0) is 9.53 Å². The third-order valence-electron chi connectivity index (χ3n) is 9.50. The van der Waals surface area contributed by atoms with E-state index in [2.05, 4.69) is 43.2 Å². The number of rotatable bonds is 2. The van der Waals surface area contributed by atoms with Crippen molar-refractivity contribution in [3.05, 3.63) is 36.2 Å². The molecule has 1 aromatic rings. The summed E-state index contributed by atoms with van der Waals surface area (Å²) in [5.74, 6) is 3.06. The Morgan fingerprint density at radius 2 is 2.00 bits per heavy atom. The zero-order valence-electron chi connectivity index (χ0n) is 18.2. The monoisotopic (exact) mass is 393 g/mol. The standard InChI is InChI=1S/C26H35NO2/c1-17(28)29-20-10-12-25(2)19(15-20)6-7-21-23-9-8-22(18-5-4-14-27-16-18)26(23,3)13-11-24(21)25/h4-5,8,14,16,19-21,23-24H,6-7,9-13,15H2,1-3H3/t19?,20-,21?,23?,24?,25-,26+/m0/s1. The van der Waals surface area contributed by atoms with Gasteiger partial charge in [0.25, 0.3) is 0 Å². The molecule has 7 atom stereocenters. The van der Waals surface area contributed by atoms with E-state index in [1.54, 1.807) is 12.5 Å². The molecule has 4 aliphatic carbocycles. The Morgan fingerprint density at radius 3 is 2.76 bits per heavy atom. The SMILES string of the molecule is CC(=O)O[C@H]1CC[C@@]2(C)C(CCC3C2CC[C@]2(C)C(c4cccnc4)=CCC32)C1. The highest BCUT2D eigenvalue weighted by Crippen LogP contribution is 2.67. The van der Waals surface area contributed by atoms with Crippen LogP contribution in [0.3, 0.4) is 0 Å². The Kier molecular flexibility index (Phi) is 4.64. The third-order valence-corrected chi connectivity index (χ3v) is 9.50. The lowest BCUT2D eigenvalue weighted by Gasteiger charge is -2.60. The molecule has 3 saturated carbocycles. The number of hydrogen-bond acceptors (Lipinski definition) is 3. The fourth-order valence-corrected chi connectivity index (χ4v) is 8.10. The van der Waals surface area contributed by atoms with E-state index in [1.165, 1.54) is 44.1 Å². The molecule has 3 heteroatoms. The molecule has 0 saturated heterocycles. The van der Waals surface area contributed by atoms with Crippen LogP contribution >= 0.6 is 0 Å². The minimum Gasteiger partial charge on any atom is -0.463 e. The van der Waals surface area contributed by atoms with Gasteiger partial charge in [0.05, 0.1) is 0 Å². The highest BCUT2D eigenvalue weighted by molar-refractivity contribution is 5.72. The smallest absolute Gasteiger partial charge is 0.302 e. The quantitative estimate of drug-likeness (QED) is 0.574. The number of esters is 1. The van der Waals surface area contributed by atoms with Gasteiger partial charge in [0, 0.05) is 19.3 Å². The summed E-state index contributed by atoms with van der Waals surface area (Å²) in [5, 5.41) is 0. The van der Waals surface area contributed by atoms with Crippen molar-refractivity contribution in [1.82, 2.24) is 4.98 Å². The first-order valence-corrected chi connectivity index (χ1v) is 11.7. The molecule has 0 spiro atoms. The van der Waals surface area contributed by atoms with Crippen molar-refractivity contribution in [2.24, 2.45) is 34.5 Å². The third kappa shape index (κ3) is 2.99. The van der Waals surface area contributed by atoms with Gasteiger partial charge in [-0.2, -0.15) is 0 Å². The van der Waals surface area contributed by atoms with E-state index in [-0.39, 0.29) is 12.1 Å². The lowest BCUT2D eigenvalue weighted by atomic mass is 9.44. The normalized spacial score (nSPS) is 43.6. The maximum atomic E-state index is 11.5. The fraction of sp³-hybridized carbons (Fsp3) is 0.692. The molecule has 0 amide bonds. The topological polar surface area (TPSA) is 39.2 Å². The molecule has 1 aromatic heterocycles. The zero-order chi connectivity index (χ0) is 20.2. The first-order chi connectivity index (χ1) is 13.9. The van der Waals surface area contributed by atoms with Gasteiger partial charge >= 0.3 is 5.97 Å². The van der Waals surface area contributed by atoms with E-state index in [4.69, 9.17) is 4.74 Å². The number of nitrogens with zero attached hydrogens (tertiary/aromatic N) is 1. The summed E-state index contributed by atoms with van der Waals surface area (Å²) >= 11 is 0. The maximum Gasteiger partial charge on any atom is 0.302 e. The second-order valence-corrected chi connectivity index (χ2v) is 10.7. The molecule has 0 radical (unpaired) electrons. The van der Waals surface area contributed by atoms with Gasteiger partial charge < -0.3 is 4.74 Å². The molecule has 156 valence electrons. The summed E-state index contributed by atoms with van der Waals surface area (Å²) in [7, 11) is 0.